The predicted octanol–water partition coefficient (Wildman–Crippen LogP) is 0.736. The number of ether oxygens (including phenoxy) is 1. The van der Waals surface area contributed by atoms with Gasteiger partial charge in [0.25, 0.3) is 0 Å². The van der Waals surface area contributed by atoms with Crippen molar-refractivity contribution < 1.29 is 36.2 Å². The van der Waals surface area contributed by atoms with Crippen LogP contribution in [-0.2, 0) is 14.8 Å². The van der Waals surface area contributed by atoms with E-state index in [1.165, 1.54) is 5.38 Å². The molecule has 0 fully saturated rings. The Hall–Kier alpha value is -1.17. The van der Waals surface area contributed by atoms with Crippen molar-refractivity contribution in [2.24, 2.45) is 0 Å². The van der Waals surface area contributed by atoms with Gasteiger partial charge in [0.1, 0.15) is 9.77 Å². The molecule has 6 nitrogen and oxygen atoms in total. The quantitative estimate of drug-likeness (QED) is 0.775. The number of sulfonamides is 1. The average molecular weight is 333 g/mol. The van der Waals surface area contributed by atoms with E-state index in [4.69, 9.17) is 5.11 Å². The highest BCUT2D eigenvalue weighted by atomic mass is 32.2. The number of alkyl halides is 3. The van der Waals surface area contributed by atoms with Crippen molar-refractivity contribution in [3.8, 4) is 0 Å². The SMILES string of the molecule is COC(=O)c1sccc1S(=O)(=O)NCC(O)C(F)(F)F. The number of rotatable bonds is 5. The first-order valence-corrected chi connectivity index (χ1v) is 7.36. The number of halogens is 3. The lowest BCUT2D eigenvalue weighted by molar-refractivity contribution is -0.200. The van der Waals surface area contributed by atoms with E-state index >= 15 is 0 Å². The fourth-order valence-electron chi connectivity index (χ4n) is 1.13. The molecule has 11 heteroatoms. The zero-order chi connectivity index (χ0) is 15.6. The van der Waals surface area contributed by atoms with Crippen LogP contribution in [0.5, 0.6) is 0 Å². The number of aliphatic hydroxyl groups is 1. The monoisotopic (exact) mass is 333 g/mol. The molecular formula is C9H10F3NO5S2. The van der Waals surface area contributed by atoms with Crippen molar-refractivity contribution in [3.63, 3.8) is 0 Å². The number of carbonyl (C=O) groups excluding carboxylic acids is 1. The largest absolute Gasteiger partial charge is 0.465 e. The minimum absolute atomic E-state index is 0.263. The summed E-state index contributed by atoms with van der Waals surface area (Å²) in [6.45, 7) is -1.25. The van der Waals surface area contributed by atoms with Gasteiger partial charge in [-0.25, -0.2) is 17.9 Å². The Kier molecular flexibility index (Phi) is 5.13. The number of hydrogen-bond donors (Lipinski definition) is 2. The first-order chi connectivity index (χ1) is 9.09. The Balaban J connectivity index is 2.91. The van der Waals surface area contributed by atoms with Crippen molar-refractivity contribution in [2.75, 3.05) is 13.7 Å². The second-order valence-corrected chi connectivity index (χ2v) is 6.17. The van der Waals surface area contributed by atoms with Gasteiger partial charge in [-0.1, -0.05) is 0 Å². The number of nitrogens with one attached hydrogen (secondary N) is 1. The molecule has 1 aromatic heterocycles. The molecule has 0 saturated heterocycles. The number of hydrogen-bond acceptors (Lipinski definition) is 6. The molecule has 0 spiro atoms. The predicted molar refractivity (Wildman–Crippen MR) is 62.9 cm³/mol. The molecule has 0 aliphatic heterocycles. The van der Waals surface area contributed by atoms with Crippen LogP contribution in [0.4, 0.5) is 13.2 Å². The molecule has 0 radical (unpaired) electrons. The van der Waals surface area contributed by atoms with E-state index < -0.39 is 39.7 Å². The molecule has 20 heavy (non-hydrogen) atoms. The Morgan fingerprint density at radius 1 is 1.55 bits per heavy atom. The Bertz CT molecular complexity index is 581. The van der Waals surface area contributed by atoms with E-state index in [0.717, 1.165) is 24.5 Å². The number of thiophene rings is 1. The summed E-state index contributed by atoms with van der Waals surface area (Å²) in [6, 6.07) is 1.05. The lowest BCUT2D eigenvalue weighted by atomic mass is 10.4. The molecule has 0 amide bonds. The summed E-state index contributed by atoms with van der Waals surface area (Å²) < 4.78 is 65.7. The summed E-state index contributed by atoms with van der Waals surface area (Å²) in [6.07, 6.45) is -7.78. The van der Waals surface area contributed by atoms with E-state index in [2.05, 4.69) is 4.74 Å². The van der Waals surface area contributed by atoms with Crippen molar-refractivity contribution in [1.29, 1.82) is 0 Å². The van der Waals surface area contributed by atoms with Crippen molar-refractivity contribution in [1.82, 2.24) is 4.72 Å². The van der Waals surface area contributed by atoms with Crippen LogP contribution < -0.4 is 4.72 Å². The van der Waals surface area contributed by atoms with Crippen LogP contribution in [-0.4, -0.2) is 45.4 Å². The number of esters is 1. The van der Waals surface area contributed by atoms with Gasteiger partial charge in [-0.2, -0.15) is 13.2 Å². The second kappa shape index (κ2) is 6.08. The summed E-state index contributed by atoms with van der Waals surface area (Å²) >= 11 is 0.770. The number of methoxy groups -OCH3 is 1. The van der Waals surface area contributed by atoms with Crippen LogP contribution in [0.15, 0.2) is 16.3 Å². The van der Waals surface area contributed by atoms with Gasteiger partial charge in [0.2, 0.25) is 10.0 Å². The number of carbonyl (C=O) groups is 1. The van der Waals surface area contributed by atoms with Gasteiger partial charge in [0.15, 0.2) is 6.10 Å². The summed E-state index contributed by atoms with van der Waals surface area (Å²) in [5.41, 5.74) is 0. The number of aliphatic hydroxyl groups excluding tert-OH is 1. The molecule has 0 aliphatic carbocycles. The fraction of sp³-hybridized carbons (Fsp3) is 0.444. The average Bonchev–Trinajstić information content (AvgIpc) is 2.83. The molecule has 114 valence electrons. The van der Waals surface area contributed by atoms with E-state index in [-0.39, 0.29) is 4.88 Å². The molecular weight excluding hydrogens is 323 g/mol. The van der Waals surface area contributed by atoms with Gasteiger partial charge in [-0.15, -0.1) is 11.3 Å². The summed E-state index contributed by atoms with van der Waals surface area (Å²) in [7, 11) is -3.32. The molecule has 0 saturated carbocycles. The van der Waals surface area contributed by atoms with Crippen LogP contribution in [0.1, 0.15) is 9.67 Å². The summed E-state index contributed by atoms with van der Waals surface area (Å²) in [5, 5.41) is 10.0. The first-order valence-electron chi connectivity index (χ1n) is 5.00. The molecule has 2 N–H and O–H groups in total. The smallest absolute Gasteiger partial charge is 0.415 e. The maximum atomic E-state index is 12.1. The van der Waals surface area contributed by atoms with Crippen molar-refractivity contribution >= 4 is 27.3 Å². The van der Waals surface area contributed by atoms with Crippen LogP contribution in [0, 0.1) is 0 Å². The highest BCUT2D eigenvalue weighted by Gasteiger charge is 2.39. The van der Waals surface area contributed by atoms with E-state index in [1.54, 1.807) is 4.72 Å². The molecule has 0 aliphatic rings. The third-order valence-electron chi connectivity index (χ3n) is 2.13. The van der Waals surface area contributed by atoms with Gasteiger partial charge in [0, 0.05) is 6.54 Å². The van der Waals surface area contributed by atoms with Crippen LogP contribution in [0.2, 0.25) is 0 Å². The van der Waals surface area contributed by atoms with E-state index in [1.807, 2.05) is 0 Å². The van der Waals surface area contributed by atoms with E-state index in [9.17, 15) is 26.4 Å². The maximum Gasteiger partial charge on any atom is 0.415 e. The maximum absolute atomic E-state index is 12.1. The van der Waals surface area contributed by atoms with Gasteiger partial charge in [0.05, 0.1) is 7.11 Å². The van der Waals surface area contributed by atoms with Crippen LogP contribution in [0.3, 0.4) is 0 Å². The van der Waals surface area contributed by atoms with Gasteiger partial charge in [-0.05, 0) is 11.4 Å². The first kappa shape index (κ1) is 16.9. The molecule has 1 unspecified atom stereocenters. The van der Waals surface area contributed by atoms with Crippen LogP contribution in [0.25, 0.3) is 0 Å². The Labute approximate surface area is 116 Å². The van der Waals surface area contributed by atoms with E-state index in [0.29, 0.717) is 0 Å². The Morgan fingerprint density at radius 2 is 2.15 bits per heavy atom. The zero-order valence-corrected chi connectivity index (χ0v) is 11.6. The molecule has 0 aromatic carbocycles. The summed E-state index contributed by atoms with van der Waals surface area (Å²) in [4.78, 5) is 10.5. The van der Waals surface area contributed by atoms with Gasteiger partial charge < -0.3 is 9.84 Å². The molecule has 1 heterocycles. The molecule has 1 atom stereocenters. The second-order valence-electron chi connectivity index (χ2n) is 3.51. The lowest BCUT2D eigenvalue weighted by Gasteiger charge is -2.15. The normalized spacial score (nSPS) is 14.1. The standard InChI is InChI=1S/C9H10F3NO5S2/c1-18-8(15)7-5(2-3-19-7)20(16,17)13-4-6(14)9(10,11)12/h2-3,6,13-14H,4H2,1H3. The Morgan fingerprint density at radius 3 is 2.65 bits per heavy atom. The molecule has 1 aromatic rings. The highest BCUT2D eigenvalue weighted by Crippen LogP contribution is 2.24. The highest BCUT2D eigenvalue weighted by molar-refractivity contribution is 7.89. The molecule has 1 rings (SSSR count). The topological polar surface area (TPSA) is 92.7 Å². The van der Waals surface area contributed by atoms with Crippen LogP contribution >= 0.6 is 11.3 Å². The van der Waals surface area contributed by atoms with Gasteiger partial charge in [-0.3, -0.25) is 0 Å². The summed E-state index contributed by atoms with van der Waals surface area (Å²) in [5.74, 6) is -0.920. The van der Waals surface area contributed by atoms with Crippen molar-refractivity contribution in [3.05, 3.63) is 16.3 Å². The molecule has 0 bridgehead atoms. The lowest BCUT2D eigenvalue weighted by Crippen LogP contribution is -2.40. The minimum Gasteiger partial charge on any atom is -0.465 e. The van der Waals surface area contributed by atoms with Crippen molar-refractivity contribution in [2.45, 2.75) is 17.2 Å². The zero-order valence-electron chi connectivity index (χ0n) is 9.97. The third kappa shape index (κ3) is 3.91. The van der Waals surface area contributed by atoms with Gasteiger partial charge >= 0.3 is 12.1 Å². The minimum atomic E-state index is -4.94. The third-order valence-corrected chi connectivity index (χ3v) is 4.62. The fourth-order valence-corrected chi connectivity index (χ4v) is 3.50.